The first kappa shape index (κ1) is 19.0. The topological polar surface area (TPSA) is 32.8 Å². The molecular formula is C24H23FN2O2. The van der Waals surface area contributed by atoms with E-state index in [0.29, 0.717) is 25.3 Å². The highest BCUT2D eigenvalue weighted by Gasteiger charge is 2.22. The minimum absolute atomic E-state index is 0.0410. The van der Waals surface area contributed by atoms with E-state index in [-0.39, 0.29) is 11.7 Å². The maximum absolute atomic E-state index is 13.1. The molecule has 1 saturated heterocycles. The van der Waals surface area contributed by atoms with E-state index in [1.165, 1.54) is 12.1 Å². The van der Waals surface area contributed by atoms with Crippen molar-refractivity contribution < 1.29 is 13.9 Å². The molecule has 29 heavy (non-hydrogen) atoms. The fourth-order valence-corrected chi connectivity index (χ4v) is 3.43. The Kier molecular flexibility index (Phi) is 5.75. The van der Waals surface area contributed by atoms with Crippen LogP contribution in [-0.2, 0) is 6.61 Å². The Balaban J connectivity index is 1.31. The molecule has 0 unspecified atom stereocenters. The van der Waals surface area contributed by atoms with Crippen molar-refractivity contribution in [3.63, 3.8) is 0 Å². The first-order valence-electron chi connectivity index (χ1n) is 9.76. The number of benzene rings is 3. The maximum Gasteiger partial charge on any atom is 0.253 e. The second kappa shape index (κ2) is 8.78. The molecule has 1 amide bonds. The van der Waals surface area contributed by atoms with Crippen LogP contribution < -0.4 is 9.64 Å². The number of para-hydroxylation sites is 1. The molecule has 0 atom stereocenters. The number of ether oxygens (including phenoxy) is 1. The van der Waals surface area contributed by atoms with Crippen molar-refractivity contribution in [2.75, 3.05) is 31.1 Å². The zero-order valence-electron chi connectivity index (χ0n) is 16.1. The van der Waals surface area contributed by atoms with Crippen LogP contribution in [0.5, 0.6) is 5.75 Å². The summed E-state index contributed by atoms with van der Waals surface area (Å²) < 4.78 is 18.8. The molecule has 0 aliphatic carbocycles. The highest BCUT2D eigenvalue weighted by molar-refractivity contribution is 5.94. The number of rotatable bonds is 5. The monoisotopic (exact) mass is 390 g/mol. The van der Waals surface area contributed by atoms with Crippen LogP contribution in [-0.4, -0.2) is 37.0 Å². The van der Waals surface area contributed by atoms with E-state index in [2.05, 4.69) is 4.90 Å². The van der Waals surface area contributed by atoms with E-state index in [9.17, 15) is 9.18 Å². The Bertz CT molecular complexity index is 935. The van der Waals surface area contributed by atoms with Crippen LogP contribution in [0.4, 0.5) is 10.1 Å². The average Bonchev–Trinajstić information content (AvgIpc) is 2.79. The summed E-state index contributed by atoms with van der Waals surface area (Å²) >= 11 is 0. The van der Waals surface area contributed by atoms with Crippen molar-refractivity contribution in [1.82, 2.24) is 4.90 Å². The third kappa shape index (κ3) is 4.74. The normalized spacial score (nSPS) is 14.0. The smallest absolute Gasteiger partial charge is 0.253 e. The van der Waals surface area contributed by atoms with Crippen LogP contribution in [0.25, 0.3) is 0 Å². The lowest BCUT2D eigenvalue weighted by Gasteiger charge is -2.36. The van der Waals surface area contributed by atoms with Crippen molar-refractivity contribution in [2.45, 2.75) is 6.61 Å². The van der Waals surface area contributed by atoms with Gasteiger partial charge in [-0.25, -0.2) is 4.39 Å². The van der Waals surface area contributed by atoms with Crippen LogP contribution >= 0.6 is 0 Å². The number of hydrogen-bond acceptors (Lipinski definition) is 3. The summed E-state index contributed by atoms with van der Waals surface area (Å²) in [7, 11) is 0. The molecule has 4 rings (SSSR count). The molecule has 0 spiro atoms. The molecule has 3 aromatic carbocycles. The number of anilines is 1. The lowest BCUT2D eigenvalue weighted by molar-refractivity contribution is 0.0746. The second-order valence-corrected chi connectivity index (χ2v) is 7.05. The summed E-state index contributed by atoms with van der Waals surface area (Å²) in [5.74, 6) is 0.631. The third-order valence-corrected chi connectivity index (χ3v) is 5.11. The molecule has 148 valence electrons. The Morgan fingerprint density at radius 1 is 0.828 bits per heavy atom. The fraction of sp³-hybridized carbons (Fsp3) is 0.208. The van der Waals surface area contributed by atoms with Gasteiger partial charge in [-0.1, -0.05) is 30.3 Å². The Hall–Kier alpha value is -3.34. The van der Waals surface area contributed by atoms with Gasteiger partial charge in [-0.05, 0) is 54.1 Å². The zero-order valence-corrected chi connectivity index (χ0v) is 16.1. The Labute approximate surface area is 170 Å². The van der Waals surface area contributed by atoms with Gasteiger partial charge >= 0.3 is 0 Å². The van der Waals surface area contributed by atoms with Crippen LogP contribution in [0.3, 0.4) is 0 Å². The third-order valence-electron chi connectivity index (χ3n) is 5.11. The number of nitrogens with zero attached hydrogens (tertiary/aromatic N) is 2. The molecule has 4 nitrogen and oxygen atoms in total. The summed E-state index contributed by atoms with van der Waals surface area (Å²) in [6.45, 7) is 3.24. The maximum atomic E-state index is 13.1. The minimum Gasteiger partial charge on any atom is -0.489 e. The predicted molar refractivity (Wildman–Crippen MR) is 112 cm³/mol. The Morgan fingerprint density at radius 2 is 1.48 bits per heavy atom. The van der Waals surface area contributed by atoms with Gasteiger partial charge in [0.15, 0.2) is 0 Å². The molecule has 0 bridgehead atoms. The SMILES string of the molecule is O=C(c1ccc(COc2ccccc2)cc1)N1CCN(c2ccc(F)cc2)CC1. The predicted octanol–water partition coefficient (Wildman–Crippen LogP) is 4.37. The van der Waals surface area contributed by atoms with Gasteiger partial charge in [0.1, 0.15) is 18.2 Å². The van der Waals surface area contributed by atoms with E-state index in [1.54, 1.807) is 12.1 Å². The summed E-state index contributed by atoms with van der Waals surface area (Å²) in [4.78, 5) is 16.8. The van der Waals surface area contributed by atoms with Crippen molar-refractivity contribution in [3.8, 4) is 5.75 Å². The van der Waals surface area contributed by atoms with E-state index in [1.807, 2.05) is 59.5 Å². The Morgan fingerprint density at radius 3 is 2.14 bits per heavy atom. The molecule has 1 fully saturated rings. The number of carbonyl (C=O) groups is 1. The summed E-state index contributed by atoms with van der Waals surface area (Å²) in [6, 6.07) is 23.8. The number of carbonyl (C=O) groups excluding carboxylic acids is 1. The minimum atomic E-state index is -0.236. The lowest BCUT2D eigenvalue weighted by atomic mass is 10.1. The van der Waals surface area contributed by atoms with Crippen LogP contribution in [0.2, 0.25) is 0 Å². The first-order chi connectivity index (χ1) is 14.2. The van der Waals surface area contributed by atoms with Gasteiger partial charge in [-0.2, -0.15) is 0 Å². The largest absolute Gasteiger partial charge is 0.489 e. The van der Waals surface area contributed by atoms with Crippen LogP contribution in [0.1, 0.15) is 15.9 Å². The van der Waals surface area contributed by atoms with Crippen molar-refractivity contribution in [2.24, 2.45) is 0 Å². The van der Waals surface area contributed by atoms with Crippen LogP contribution in [0.15, 0.2) is 78.9 Å². The highest BCUT2D eigenvalue weighted by atomic mass is 19.1. The molecule has 1 aliphatic heterocycles. The molecule has 5 heteroatoms. The van der Waals surface area contributed by atoms with Gasteiger partial charge in [-0.15, -0.1) is 0 Å². The molecule has 0 N–H and O–H groups in total. The summed E-state index contributed by atoms with van der Waals surface area (Å²) in [5, 5.41) is 0. The van der Waals surface area contributed by atoms with E-state index in [4.69, 9.17) is 4.74 Å². The average molecular weight is 390 g/mol. The van der Waals surface area contributed by atoms with E-state index >= 15 is 0 Å². The van der Waals surface area contributed by atoms with Crippen LogP contribution in [0, 0.1) is 5.82 Å². The lowest BCUT2D eigenvalue weighted by Crippen LogP contribution is -2.48. The highest BCUT2D eigenvalue weighted by Crippen LogP contribution is 2.18. The van der Waals surface area contributed by atoms with Gasteiger partial charge in [-0.3, -0.25) is 4.79 Å². The first-order valence-corrected chi connectivity index (χ1v) is 9.76. The molecule has 3 aromatic rings. The molecular weight excluding hydrogens is 367 g/mol. The number of piperazine rings is 1. The second-order valence-electron chi connectivity index (χ2n) is 7.05. The molecule has 0 aromatic heterocycles. The van der Waals surface area contributed by atoms with E-state index in [0.717, 1.165) is 30.1 Å². The zero-order chi connectivity index (χ0) is 20.1. The molecule has 0 radical (unpaired) electrons. The quantitative estimate of drug-likeness (QED) is 0.649. The molecule has 0 saturated carbocycles. The van der Waals surface area contributed by atoms with Crippen molar-refractivity contribution in [1.29, 1.82) is 0 Å². The van der Waals surface area contributed by atoms with Crippen molar-refractivity contribution >= 4 is 11.6 Å². The van der Waals surface area contributed by atoms with Gasteiger partial charge in [0.05, 0.1) is 0 Å². The number of halogens is 1. The molecule has 1 heterocycles. The summed E-state index contributed by atoms with van der Waals surface area (Å²) in [5.41, 5.74) is 2.69. The van der Waals surface area contributed by atoms with Gasteiger partial charge < -0.3 is 14.5 Å². The standard InChI is InChI=1S/C24H23FN2O2/c25-21-10-12-22(13-11-21)26-14-16-27(17-15-26)24(28)20-8-6-19(7-9-20)18-29-23-4-2-1-3-5-23/h1-13H,14-18H2. The fourth-order valence-electron chi connectivity index (χ4n) is 3.43. The summed E-state index contributed by atoms with van der Waals surface area (Å²) in [6.07, 6.45) is 0. The van der Waals surface area contributed by atoms with Gasteiger partial charge in [0.2, 0.25) is 0 Å². The van der Waals surface area contributed by atoms with E-state index < -0.39 is 0 Å². The number of amides is 1. The molecule has 1 aliphatic rings. The van der Waals surface area contributed by atoms with Gasteiger partial charge in [0.25, 0.3) is 5.91 Å². The van der Waals surface area contributed by atoms with Gasteiger partial charge in [0, 0.05) is 37.4 Å². The number of hydrogen-bond donors (Lipinski definition) is 0. The van der Waals surface area contributed by atoms with Crippen molar-refractivity contribution in [3.05, 3.63) is 95.8 Å².